The molecule has 0 radical (unpaired) electrons. The third-order valence-electron chi connectivity index (χ3n) is 5.34. The summed E-state index contributed by atoms with van der Waals surface area (Å²) in [5, 5.41) is 25.4. The number of nitrogens with zero attached hydrogens (tertiary/aromatic N) is 5. The number of hydrogen-bond donors (Lipinski definition) is 2. The van der Waals surface area contributed by atoms with Crippen LogP contribution in [-0.4, -0.2) is 53.9 Å². The number of phenolic OH excluding ortho intramolecular Hbond substituents is 1. The lowest BCUT2D eigenvalue weighted by atomic mass is 9.90. The van der Waals surface area contributed by atoms with Gasteiger partial charge in [0.25, 0.3) is 5.88 Å². The fourth-order valence-corrected chi connectivity index (χ4v) is 3.86. The summed E-state index contributed by atoms with van der Waals surface area (Å²) in [7, 11) is 0. The molecule has 0 saturated carbocycles. The van der Waals surface area contributed by atoms with E-state index >= 15 is 0 Å². The Labute approximate surface area is 170 Å². The molecule has 0 amide bonds. The van der Waals surface area contributed by atoms with Crippen LogP contribution in [0.2, 0.25) is 0 Å². The van der Waals surface area contributed by atoms with E-state index in [1.165, 1.54) is 23.1 Å². The first-order valence-corrected chi connectivity index (χ1v) is 9.42. The van der Waals surface area contributed by atoms with Crippen molar-refractivity contribution in [1.82, 2.24) is 30.3 Å². The third kappa shape index (κ3) is 3.28. The topological polar surface area (TPSA) is 98.0 Å². The van der Waals surface area contributed by atoms with Crippen LogP contribution in [0.1, 0.15) is 13.3 Å². The summed E-state index contributed by atoms with van der Waals surface area (Å²) in [4.78, 5) is 4.18. The molecule has 3 aromatic rings. The summed E-state index contributed by atoms with van der Waals surface area (Å²) in [5.74, 6) is -0.311. The zero-order valence-corrected chi connectivity index (χ0v) is 15.9. The van der Waals surface area contributed by atoms with E-state index in [9.17, 15) is 13.9 Å². The first-order valence-electron chi connectivity index (χ1n) is 9.42. The van der Waals surface area contributed by atoms with Gasteiger partial charge in [0.05, 0.1) is 35.9 Å². The molecule has 5 rings (SSSR count). The maximum atomic E-state index is 14.6. The number of aromatic hydroxyl groups is 1. The smallest absolute Gasteiger partial charge is 0.252 e. The Hall–Kier alpha value is -3.40. The van der Waals surface area contributed by atoms with Crippen LogP contribution in [0.4, 0.5) is 8.78 Å². The molecule has 2 aromatic heterocycles. The number of rotatable bonds is 4. The Morgan fingerprint density at radius 3 is 2.87 bits per heavy atom. The molecular formula is C20H18F2N6O2. The van der Waals surface area contributed by atoms with Crippen LogP contribution in [0.3, 0.4) is 0 Å². The Kier molecular flexibility index (Phi) is 4.24. The molecule has 1 saturated heterocycles. The Bertz CT molecular complexity index is 1120. The summed E-state index contributed by atoms with van der Waals surface area (Å²) in [6.07, 6.45) is 5.99. The van der Waals surface area contributed by atoms with Crippen molar-refractivity contribution < 1.29 is 18.6 Å². The molecule has 0 aliphatic carbocycles. The Balaban J connectivity index is 1.33. The molecule has 0 spiro atoms. The molecule has 1 aromatic carbocycles. The van der Waals surface area contributed by atoms with Gasteiger partial charge in [0.15, 0.2) is 17.8 Å². The number of benzene rings is 1. The predicted octanol–water partition coefficient (Wildman–Crippen LogP) is 2.34. The van der Waals surface area contributed by atoms with Gasteiger partial charge in [-0.05, 0) is 19.1 Å². The van der Waals surface area contributed by atoms with Crippen LogP contribution in [0.25, 0.3) is 17.1 Å². The van der Waals surface area contributed by atoms with Gasteiger partial charge >= 0.3 is 0 Å². The largest absolute Gasteiger partial charge is 0.507 e. The lowest BCUT2D eigenvalue weighted by Gasteiger charge is -2.38. The average molecular weight is 412 g/mol. The number of hydrogen-bond acceptors (Lipinski definition) is 7. The van der Waals surface area contributed by atoms with Crippen molar-refractivity contribution in [2.75, 3.05) is 0 Å². The van der Waals surface area contributed by atoms with Gasteiger partial charge in [0.1, 0.15) is 11.9 Å². The van der Waals surface area contributed by atoms with E-state index < -0.39 is 18.1 Å². The molecule has 2 N–H and O–H groups in total. The van der Waals surface area contributed by atoms with Crippen molar-refractivity contribution in [1.29, 1.82) is 0 Å². The molecule has 4 heterocycles. The summed E-state index contributed by atoms with van der Waals surface area (Å²) in [5.41, 5.74) is 0.513. The minimum absolute atomic E-state index is 0.111. The molecule has 4 atom stereocenters. The van der Waals surface area contributed by atoms with Crippen molar-refractivity contribution in [3.05, 3.63) is 54.8 Å². The van der Waals surface area contributed by atoms with Crippen LogP contribution >= 0.6 is 0 Å². The number of halogens is 2. The fourth-order valence-electron chi connectivity index (χ4n) is 3.86. The maximum Gasteiger partial charge on any atom is 0.252 e. The molecule has 2 bridgehead atoms. The van der Waals surface area contributed by atoms with E-state index in [4.69, 9.17) is 4.74 Å². The van der Waals surface area contributed by atoms with Gasteiger partial charge in [0, 0.05) is 18.0 Å². The molecule has 30 heavy (non-hydrogen) atoms. The van der Waals surface area contributed by atoms with Crippen LogP contribution < -0.4 is 10.1 Å². The van der Waals surface area contributed by atoms with E-state index in [1.807, 2.05) is 19.1 Å². The SMILES string of the molecule is C[C@@]12C=C[C@@H](N1)[C@@H](F)[C@@H](Oc1cnc(-c3ccc(-n4cc(F)cn4)cc3O)nn1)C2. The van der Waals surface area contributed by atoms with Gasteiger partial charge in [0.2, 0.25) is 0 Å². The number of nitrogens with one attached hydrogen (secondary N) is 1. The number of aromatic nitrogens is 5. The maximum absolute atomic E-state index is 14.6. The molecule has 8 nitrogen and oxygen atoms in total. The molecule has 1 fully saturated rings. The zero-order chi connectivity index (χ0) is 20.9. The highest BCUT2D eigenvalue weighted by molar-refractivity contribution is 5.65. The highest BCUT2D eigenvalue weighted by Crippen LogP contribution is 2.34. The van der Waals surface area contributed by atoms with Gasteiger partial charge in [-0.3, -0.25) is 5.32 Å². The van der Waals surface area contributed by atoms with E-state index in [1.54, 1.807) is 12.1 Å². The quantitative estimate of drug-likeness (QED) is 0.635. The monoisotopic (exact) mass is 412 g/mol. The van der Waals surface area contributed by atoms with Crippen molar-refractivity contribution >= 4 is 0 Å². The van der Waals surface area contributed by atoms with Crippen LogP contribution in [0.15, 0.2) is 48.9 Å². The second kappa shape index (κ2) is 6.84. The predicted molar refractivity (Wildman–Crippen MR) is 102 cm³/mol. The van der Waals surface area contributed by atoms with Crippen molar-refractivity contribution in [2.45, 2.75) is 37.2 Å². The molecule has 2 aliphatic heterocycles. The Morgan fingerprint density at radius 1 is 1.30 bits per heavy atom. The molecular weight excluding hydrogens is 394 g/mol. The molecule has 2 aliphatic rings. The minimum Gasteiger partial charge on any atom is -0.507 e. The Morgan fingerprint density at radius 2 is 2.17 bits per heavy atom. The van der Waals surface area contributed by atoms with E-state index in [0.717, 1.165) is 6.20 Å². The summed E-state index contributed by atoms with van der Waals surface area (Å²) in [6, 6.07) is 4.26. The van der Waals surface area contributed by atoms with E-state index in [0.29, 0.717) is 17.7 Å². The fraction of sp³-hybridized carbons (Fsp3) is 0.300. The van der Waals surface area contributed by atoms with Gasteiger partial charge < -0.3 is 9.84 Å². The van der Waals surface area contributed by atoms with Crippen LogP contribution in [0, 0.1) is 5.82 Å². The van der Waals surface area contributed by atoms with Crippen molar-refractivity contribution in [2.24, 2.45) is 0 Å². The molecule has 154 valence electrons. The van der Waals surface area contributed by atoms with Gasteiger partial charge in [-0.2, -0.15) is 5.10 Å². The molecule has 0 unspecified atom stereocenters. The lowest BCUT2D eigenvalue weighted by Crippen LogP contribution is -2.57. The van der Waals surface area contributed by atoms with E-state index in [2.05, 4.69) is 25.6 Å². The zero-order valence-electron chi connectivity index (χ0n) is 15.9. The second-order valence-electron chi connectivity index (χ2n) is 7.68. The van der Waals surface area contributed by atoms with Gasteiger partial charge in [-0.25, -0.2) is 18.4 Å². The van der Waals surface area contributed by atoms with Crippen LogP contribution in [-0.2, 0) is 0 Å². The van der Waals surface area contributed by atoms with Gasteiger partial charge in [-0.15, -0.1) is 10.2 Å². The summed E-state index contributed by atoms with van der Waals surface area (Å²) in [6.45, 7) is 1.99. The van der Waals surface area contributed by atoms with Crippen LogP contribution in [0.5, 0.6) is 11.6 Å². The van der Waals surface area contributed by atoms with E-state index in [-0.39, 0.29) is 29.0 Å². The second-order valence-corrected chi connectivity index (χ2v) is 7.68. The number of piperidine rings is 1. The van der Waals surface area contributed by atoms with Crippen molar-refractivity contribution in [3.63, 3.8) is 0 Å². The lowest BCUT2D eigenvalue weighted by molar-refractivity contribution is 0.0291. The summed E-state index contributed by atoms with van der Waals surface area (Å²) < 4.78 is 34.7. The number of fused-ring (bicyclic) bond motifs is 2. The van der Waals surface area contributed by atoms with Gasteiger partial charge in [-0.1, -0.05) is 12.2 Å². The number of ether oxygens (including phenoxy) is 1. The molecule has 10 heteroatoms. The first kappa shape index (κ1) is 18.6. The minimum atomic E-state index is -1.21. The summed E-state index contributed by atoms with van der Waals surface area (Å²) >= 11 is 0. The average Bonchev–Trinajstić information content (AvgIpc) is 3.31. The number of phenols is 1. The van der Waals surface area contributed by atoms with Crippen molar-refractivity contribution in [3.8, 4) is 28.7 Å². The third-order valence-corrected chi connectivity index (χ3v) is 5.34. The normalized spacial score (nSPS) is 27.4. The first-order chi connectivity index (χ1) is 14.4. The highest BCUT2D eigenvalue weighted by Gasteiger charge is 2.46. The standard InChI is InChI=1S/C20H18F2N6O2/c1-20-5-4-14(25-20)18(22)16(7-20)30-17-9-23-19(27-26-17)13-3-2-12(6-15(13)29)28-10-11(21)8-24-28/h2-6,8-10,14,16,18,25,29H,7H2,1H3/t14-,16+,18-,20+/m1/s1. The number of alkyl halides is 1. The highest BCUT2D eigenvalue weighted by atomic mass is 19.1.